The van der Waals surface area contributed by atoms with Gasteiger partial charge in [-0.3, -0.25) is 4.99 Å². The lowest BCUT2D eigenvalue weighted by Gasteiger charge is -2.29. The summed E-state index contributed by atoms with van der Waals surface area (Å²) < 4.78 is 0. The smallest absolute Gasteiger partial charge is 0.191 e. The SMILES string of the molecule is CN=C(NCC1CCN(C)CC1)NC(C)CCC(C)(C)C.I. The van der Waals surface area contributed by atoms with Gasteiger partial charge in [-0.1, -0.05) is 20.8 Å². The molecule has 22 heavy (non-hydrogen) atoms. The molecule has 0 radical (unpaired) electrons. The second-order valence-electron chi connectivity index (χ2n) is 7.84. The van der Waals surface area contributed by atoms with Crippen molar-refractivity contribution in [2.24, 2.45) is 16.3 Å². The molecular formula is C17H37IN4. The van der Waals surface area contributed by atoms with Crippen LogP contribution in [-0.4, -0.2) is 50.6 Å². The number of nitrogens with one attached hydrogen (secondary N) is 2. The molecule has 0 aromatic heterocycles. The van der Waals surface area contributed by atoms with Gasteiger partial charge in [-0.2, -0.15) is 0 Å². The van der Waals surface area contributed by atoms with E-state index in [1.165, 1.54) is 38.8 Å². The van der Waals surface area contributed by atoms with Crippen molar-refractivity contribution < 1.29 is 0 Å². The van der Waals surface area contributed by atoms with Gasteiger partial charge in [-0.15, -0.1) is 24.0 Å². The Morgan fingerprint density at radius 3 is 2.36 bits per heavy atom. The number of guanidine groups is 1. The summed E-state index contributed by atoms with van der Waals surface area (Å²) in [5.74, 6) is 1.74. The van der Waals surface area contributed by atoms with Crippen molar-refractivity contribution in [2.75, 3.05) is 33.7 Å². The molecule has 2 N–H and O–H groups in total. The second-order valence-corrected chi connectivity index (χ2v) is 7.84. The Labute approximate surface area is 154 Å². The van der Waals surface area contributed by atoms with Gasteiger partial charge in [0.15, 0.2) is 5.96 Å². The standard InChI is InChI=1S/C17H36N4.HI/c1-14(7-10-17(2,3)4)20-16(18-5)19-13-15-8-11-21(6)12-9-15;/h14-15H,7-13H2,1-6H3,(H2,18,19,20);1H. The highest BCUT2D eigenvalue weighted by Crippen LogP contribution is 2.21. The molecule has 0 bridgehead atoms. The highest BCUT2D eigenvalue weighted by atomic mass is 127. The quantitative estimate of drug-likeness (QED) is 0.404. The summed E-state index contributed by atoms with van der Waals surface area (Å²) in [4.78, 5) is 6.77. The van der Waals surface area contributed by atoms with Crippen molar-refractivity contribution >= 4 is 29.9 Å². The zero-order chi connectivity index (χ0) is 15.9. The first kappa shape index (κ1) is 22.0. The maximum absolute atomic E-state index is 4.36. The Bertz CT molecular complexity index is 317. The van der Waals surface area contributed by atoms with E-state index in [1.54, 1.807) is 0 Å². The minimum Gasteiger partial charge on any atom is -0.356 e. The van der Waals surface area contributed by atoms with Gasteiger partial charge in [0, 0.05) is 19.6 Å². The van der Waals surface area contributed by atoms with Crippen molar-refractivity contribution in [1.82, 2.24) is 15.5 Å². The zero-order valence-electron chi connectivity index (χ0n) is 15.4. The lowest BCUT2D eigenvalue weighted by atomic mass is 9.89. The van der Waals surface area contributed by atoms with Gasteiger partial charge in [0.25, 0.3) is 0 Å². The third-order valence-corrected chi connectivity index (χ3v) is 4.33. The van der Waals surface area contributed by atoms with Gasteiger partial charge >= 0.3 is 0 Å². The molecule has 132 valence electrons. The van der Waals surface area contributed by atoms with Crippen molar-refractivity contribution in [3.8, 4) is 0 Å². The average molecular weight is 424 g/mol. The summed E-state index contributed by atoms with van der Waals surface area (Å²) in [5.41, 5.74) is 0.404. The van der Waals surface area contributed by atoms with Crippen molar-refractivity contribution in [3.05, 3.63) is 0 Å². The Balaban J connectivity index is 0.00000441. The van der Waals surface area contributed by atoms with E-state index in [0.717, 1.165) is 18.4 Å². The van der Waals surface area contributed by atoms with Crippen LogP contribution in [0.1, 0.15) is 53.4 Å². The lowest BCUT2D eigenvalue weighted by Crippen LogP contribution is -2.45. The van der Waals surface area contributed by atoms with E-state index in [9.17, 15) is 0 Å². The number of rotatable bonds is 5. The van der Waals surface area contributed by atoms with Crippen LogP contribution < -0.4 is 10.6 Å². The van der Waals surface area contributed by atoms with Crippen LogP contribution in [0.3, 0.4) is 0 Å². The molecule has 0 spiro atoms. The molecule has 0 amide bonds. The minimum atomic E-state index is 0. The van der Waals surface area contributed by atoms with E-state index in [2.05, 4.69) is 55.3 Å². The molecule has 5 heteroatoms. The van der Waals surface area contributed by atoms with Crippen molar-refractivity contribution in [3.63, 3.8) is 0 Å². The summed E-state index contributed by atoms with van der Waals surface area (Å²) in [6, 6.07) is 0.466. The Hall–Kier alpha value is -0.0400. The molecule has 1 atom stereocenters. The number of hydrogen-bond donors (Lipinski definition) is 2. The number of nitrogens with zero attached hydrogens (tertiary/aromatic N) is 2. The van der Waals surface area contributed by atoms with Gasteiger partial charge in [0.05, 0.1) is 0 Å². The molecule has 1 aliphatic rings. The maximum atomic E-state index is 4.36. The summed E-state index contributed by atoms with van der Waals surface area (Å²) in [6.45, 7) is 12.6. The van der Waals surface area contributed by atoms with E-state index < -0.39 is 0 Å². The van der Waals surface area contributed by atoms with Crippen LogP contribution in [0.4, 0.5) is 0 Å². The molecule has 1 heterocycles. The Morgan fingerprint density at radius 2 is 1.86 bits per heavy atom. The largest absolute Gasteiger partial charge is 0.356 e. The Kier molecular flexibility index (Phi) is 10.7. The average Bonchev–Trinajstić information content (AvgIpc) is 2.42. The molecule has 1 aliphatic heterocycles. The third kappa shape index (κ3) is 9.87. The number of piperidine rings is 1. The zero-order valence-corrected chi connectivity index (χ0v) is 17.7. The van der Waals surface area contributed by atoms with Gasteiger partial charge in [0.1, 0.15) is 0 Å². The van der Waals surface area contributed by atoms with Crippen LogP contribution >= 0.6 is 24.0 Å². The number of halogens is 1. The van der Waals surface area contributed by atoms with Crippen LogP contribution in [0.2, 0.25) is 0 Å². The first-order valence-corrected chi connectivity index (χ1v) is 8.46. The predicted molar refractivity (Wildman–Crippen MR) is 108 cm³/mol. The number of hydrogen-bond acceptors (Lipinski definition) is 2. The molecule has 0 aliphatic carbocycles. The van der Waals surface area contributed by atoms with E-state index in [0.29, 0.717) is 11.5 Å². The molecule has 0 aromatic rings. The molecule has 0 saturated carbocycles. The number of aliphatic imine (C=N–C) groups is 1. The van der Waals surface area contributed by atoms with E-state index in [1.807, 2.05) is 7.05 Å². The lowest BCUT2D eigenvalue weighted by molar-refractivity contribution is 0.220. The monoisotopic (exact) mass is 424 g/mol. The van der Waals surface area contributed by atoms with Gasteiger partial charge in [-0.25, -0.2) is 0 Å². The normalized spacial score (nSPS) is 19.5. The van der Waals surface area contributed by atoms with Crippen LogP contribution in [-0.2, 0) is 0 Å². The third-order valence-electron chi connectivity index (χ3n) is 4.33. The summed E-state index contributed by atoms with van der Waals surface area (Å²) in [7, 11) is 4.07. The molecule has 1 unspecified atom stereocenters. The maximum Gasteiger partial charge on any atom is 0.191 e. The van der Waals surface area contributed by atoms with Gasteiger partial charge in [-0.05, 0) is 64.1 Å². The van der Waals surface area contributed by atoms with Gasteiger partial charge in [0.2, 0.25) is 0 Å². The fraction of sp³-hybridized carbons (Fsp3) is 0.941. The highest BCUT2D eigenvalue weighted by Gasteiger charge is 2.17. The first-order chi connectivity index (χ1) is 9.80. The Morgan fingerprint density at radius 1 is 1.27 bits per heavy atom. The summed E-state index contributed by atoms with van der Waals surface area (Å²) in [5, 5.41) is 7.02. The highest BCUT2D eigenvalue weighted by molar-refractivity contribution is 14.0. The summed E-state index contributed by atoms with van der Waals surface area (Å²) in [6.07, 6.45) is 4.99. The van der Waals surface area contributed by atoms with Crippen LogP contribution in [0.25, 0.3) is 0 Å². The first-order valence-electron chi connectivity index (χ1n) is 8.46. The van der Waals surface area contributed by atoms with Crippen LogP contribution in [0.5, 0.6) is 0 Å². The molecular weight excluding hydrogens is 387 g/mol. The fourth-order valence-electron chi connectivity index (χ4n) is 2.66. The second kappa shape index (κ2) is 10.7. The van der Waals surface area contributed by atoms with E-state index in [-0.39, 0.29) is 24.0 Å². The van der Waals surface area contributed by atoms with Gasteiger partial charge < -0.3 is 15.5 Å². The predicted octanol–water partition coefficient (Wildman–Crippen LogP) is 3.33. The molecule has 1 fully saturated rings. The van der Waals surface area contributed by atoms with Crippen molar-refractivity contribution in [2.45, 2.75) is 59.4 Å². The minimum absolute atomic E-state index is 0. The van der Waals surface area contributed by atoms with E-state index >= 15 is 0 Å². The number of likely N-dealkylation sites (tertiary alicyclic amines) is 1. The van der Waals surface area contributed by atoms with Crippen LogP contribution in [0, 0.1) is 11.3 Å². The fourth-order valence-corrected chi connectivity index (χ4v) is 2.66. The van der Waals surface area contributed by atoms with E-state index in [4.69, 9.17) is 0 Å². The van der Waals surface area contributed by atoms with Crippen LogP contribution in [0.15, 0.2) is 4.99 Å². The van der Waals surface area contributed by atoms with Crippen molar-refractivity contribution in [1.29, 1.82) is 0 Å². The molecule has 1 saturated heterocycles. The molecule has 4 nitrogen and oxygen atoms in total. The topological polar surface area (TPSA) is 39.7 Å². The molecule has 0 aromatic carbocycles. The molecule has 1 rings (SSSR count). The summed E-state index contributed by atoms with van der Waals surface area (Å²) >= 11 is 0.